The highest BCUT2D eigenvalue weighted by Crippen LogP contribution is 2.36. The second kappa shape index (κ2) is 8.99. The number of carbonyl (C=O) groups is 1. The summed E-state index contributed by atoms with van der Waals surface area (Å²) in [7, 11) is -3.04. The van der Waals surface area contributed by atoms with Crippen LogP contribution < -0.4 is 5.43 Å². The maximum atomic E-state index is 13.0. The molecule has 0 aliphatic carbocycles. The summed E-state index contributed by atoms with van der Waals surface area (Å²) in [5.41, 5.74) is 5.11. The number of nitrogens with one attached hydrogen (secondary N) is 1. The Morgan fingerprint density at radius 1 is 1.19 bits per heavy atom. The quantitative estimate of drug-likeness (QED) is 0.448. The number of amides is 1. The third-order valence-corrected chi connectivity index (χ3v) is 8.93. The molecule has 0 radical (unpaired) electrons. The molecule has 1 aliphatic rings. The largest absolute Gasteiger partial charge is 0.286 e. The molecule has 0 spiro atoms. The highest BCUT2D eigenvalue weighted by Gasteiger charge is 2.27. The summed E-state index contributed by atoms with van der Waals surface area (Å²) in [5.74, 6) is -0.368. The number of benzene rings is 1. The predicted octanol–water partition coefficient (Wildman–Crippen LogP) is 4.20. The molecular formula is C19H17Cl2IN4O3S2. The summed E-state index contributed by atoms with van der Waals surface area (Å²) in [5, 5.41) is 7.12. The first-order valence-electron chi connectivity index (χ1n) is 9.22. The van der Waals surface area contributed by atoms with Crippen molar-refractivity contribution < 1.29 is 13.2 Å². The van der Waals surface area contributed by atoms with Crippen LogP contribution in [0.4, 0.5) is 0 Å². The Bertz CT molecular complexity index is 1260. The highest BCUT2D eigenvalue weighted by atomic mass is 127. The van der Waals surface area contributed by atoms with Gasteiger partial charge in [-0.3, -0.25) is 10.2 Å². The van der Waals surface area contributed by atoms with E-state index in [4.69, 9.17) is 23.2 Å². The van der Waals surface area contributed by atoms with Crippen LogP contribution in [0.1, 0.15) is 16.1 Å². The fourth-order valence-electron chi connectivity index (χ4n) is 3.29. The molecule has 1 fully saturated rings. The molecule has 0 bridgehead atoms. The molecule has 3 heterocycles. The average molecular weight is 611 g/mol. The lowest BCUT2D eigenvalue weighted by atomic mass is 10.1. The van der Waals surface area contributed by atoms with Gasteiger partial charge in [0, 0.05) is 23.7 Å². The van der Waals surface area contributed by atoms with Crippen LogP contribution in [-0.4, -0.2) is 53.7 Å². The molecule has 4 rings (SSSR count). The summed E-state index contributed by atoms with van der Waals surface area (Å²) in [6, 6.07) is 9.08. The maximum Gasteiger partial charge on any atom is 0.286 e. The zero-order valence-corrected chi connectivity index (χ0v) is 21.5. The van der Waals surface area contributed by atoms with Crippen LogP contribution >= 0.6 is 57.1 Å². The van der Waals surface area contributed by atoms with Crippen LogP contribution in [0.25, 0.3) is 16.3 Å². The van der Waals surface area contributed by atoms with Gasteiger partial charge in [0.15, 0.2) is 15.5 Å². The van der Waals surface area contributed by atoms with Crippen molar-refractivity contribution in [2.75, 3.05) is 24.6 Å². The number of aromatic nitrogens is 2. The molecule has 1 aliphatic heterocycles. The van der Waals surface area contributed by atoms with Crippen LogP contribution in [0.2, 0.25) is 10.0 Å². The van der Waals surface area contributed by atoms with Gasteiger partial charge in [-0.1, -0.05) is 23.2 Å². The number of rotatable bonds is 4. The molecule has 31 heavy (non-hydrogen) atoms. The van der Waals surface area contributed by atoms with E-state index in [1.54, 1.807) is 39.2 Å². The van der Waals surface area contributed by atoms with E-state index in [2.05, 4.69) is 33.1 Å². The third kappa shape index (κ3) is 4.93. The van der Waals surface area contributed by atoms with Gasteiger partial charge in [0.25, 0.3) is 5.91 Å². The second-order valence-electron chi connectivity index (χ2n) is 7.01. The van der Waals surface area contributed by atoms with Gasteiger partial charge < -0.3 is 0 Å². The molecule has 0 unspecified atom stereocenters. The topological polar surface area (TPSA) is 84.3 Å². The summed E-state index contributed by atoms with van der Waals surface area (Å²) < 4.78 is 26.1. The van der Waals surface area contributed by atoms with Gasteiger partial charge in [-0.25, -0.2) is 18.1 Å². The fraction of sp³-hybridized carbons (Fsp3) is 0.263. The first-order chi connectivity index (χ1) is 14.6. The predicted molar refractivity (Wildman–Crippen MR) is 132 cm³/mol. The first kappa shape index (κ1) is 23.0. The normalized spacial score (nSPS) is 16.4. The van der Waals surface area contributed by atoms with E-state index in [0.717, 1.165) is 13.5 Å². The minimum atomic E-state index is -3.04. The molecule has 0 atom stereocenters. The van der Waals surface area contributed by atoms with Crippen molar-refractivity contribution in [3.8, 4) is 16.3 Å². The minimum absolute atomic E-state index is 0.0139. The van der Waals surface area contributed by atoms with Crippen molar-refractivity contribution >= 4 is 72.9 Å². The number of hydrogen-bond donors (Lipinski definition) is 1. The summed E-state index contributed by atoms with van der Waals surface area (Å²) in [4.78, 5) is 14.0. The Morgan fingerprint density at radius 3 is 2.52 bits per heavy atom. The number of nitrogens with zero attached hydrogens (tertiary/aromatic N) is 3. The Kier molecular flexibility index (Phi) is 6.67. The van der Waals surface area contributed by atoms with Crippen molar-refractivity contribution in [2.24, 2.45) is 0 Å². The SMILES string of the molecule is Cc1c(C(=O)NN2CCS(=O)(=O)CC2)nn(-c2ccc(Cl)cc2Cl)c1-c1ccc(I)s1. The molecule has 1 aromatic carbocycles. The fourth-order valence-corrected chi connectivity index (χ4v) is 6.69. The van der Waals surface area contributed by atoms with E-state index in [1.807, 2.05) is 19.1 Å². The van der Waals surface area contributed by atoms with Gasteiger partial charge in [-0.05, 0) is 59.8 Å². The smallest absolute Gasteiger partial charge is 0.283 e. The van der Waals surface area contributed by atoms with Crippen LogP contribution in [0, 0.1) is 9.81 Å². The van der Waals surface area contributed by atoms with Gasteiger partial charge >= 0.3 is 0 Å². The van der Waals surface area contributed by atoms with E-state index in [9.17, 15) is 13.2 Å². The van der Waals surface area contributed by atoms with Crippen molar-refractivity contribution in [3.05, 3.63) is 54.5 Å². The number of halogens is 3. The Balaban J connectivity index is 1.74. The summed E-state index contributed by atoms with van der Waals surface area (Å²) in [6.07, 6.45) is 0. The third-order valence-electron chi connectivity index (χ3n) is 4.89. The number of sulfone groups is 1. The zero-order valence-electron chi connectivity index (χ0n) is 16.2. The second-order valence-corrected chi connectivity index (χ2v) is 13.1. The van der Waals surface area contributed by atoms with E-state index in [0.29, 0.717) is 21.3 Å². The van der Waals surface area contributed by atoms with Crippen LogP contribution in [0.15, 0.2) is 30.3 Å². The molecule has 1 amide bonds. The van der Waals surface area contributed by atoms with Gasteiger partial charge in [-0.15, -0.1) is 11.3 Å². The molecule has 1 N–H and O–H groups in total. The van der Waals surface area contributed by atoms with Crippen molar-refractivity contribution in [2.45, 2.75) is 6.92 Å². The van der Waals surface area contributed by atoms with E-state index in [1.165, 1.54) is 0 Å². The van der Waals surface area contributed by atoms with E-state index < -0.39 is 15.7 Å². The van der Waals surface area contributed by atoms with E-state index >= 15 is 0 Å². The van der Waals surface area contributed by atoms with Crippen LogP contribution in [0.3, 0.4) is 0 Å². The lowest BCUT2D eigenvalue weighted by Crippen LogP contribution is -2.50. The van der Waals surface area contributed by atoms with Crippen molar-refractivity contribution in [1.29, 1.82) is 0 Å². The minimum Gasteiger partial charge on any atom is -0.283 e. The zero-order chi connectivity index (χ0) is 22.3. The first-order valence-corrected chi connectivity index (χ1v) is 13.7. The molecular weight excluding hydrogens is 594 g/mol. The molecule has 164 valence electrons. The number of hydrogen-bond acceptors (Lipinski definition) is 6. The lowest BCUT2D eigenvalue weighted by molar-refractivity contribution is 0.0795. The molecule has 12 heteroatoms. The maximum absolute atomic E-state index is 13.0. The highest BCUT2D eigenvalue weighted by molar-refractivity contribution is 14.1. The molecule has 1 saturated heterocycles. The number of thiophene rings is 1. The van der Waals surface area contributed by atoms with Crippen molar-refractivity contribution in [3.63, 3.8) is 0 Å². The standard InChI is InChI=1S/C19H17Cl2IN4O3S2/c1-11-17(19(27)24-25-6-8-31(28,29)9-7-25)23-26(14-3-2-12(20)10-13(14)21)18(11)15-4-5-16(22)30-15/h2-5,10H,6-9H2,1H3,(H,24,27). The molecule has 0 saturated carbocycles. The summed E-state index contributed by atoms with van der Waals surface area (Å²) in [6.45, 7) is 2.32. The van der Waals surface area contributed by atoms with Crippen molar-refractivity contribution in [1.82, 2.24) is 20.2 Å². The Labute approximate surface area is 207 Å². The average Bonchev–Trinajstić information content (AvgIpc) is 3.26. The van der Waals surface area contributed by atoms with Crippen LogP contribution in [-0.2, 0) is 9.84 Å². The van der Waals surface area contributed by atoms with Gasteiger partial charge in [-0.2, -0.15) is 5.10 Å². The number of hydrazine groups is 1. The van der Waals surface area contributed by atoms with Gasteiger partial charge in [0.05, 0.1) is 35.7 Å². The number of carbonyl (C=O) groups excluding carboxylic acids is 1. The van der Waals surface area contributed by atoms with E-state index in [-0.39, 0.29) is 30.3 Å². The molecule has 7 nitrogen and oxygen atoms in total. The molecule has 2 aromatic heterocycles. The van der Waals surface area contributed by atoms with Gasteiger partial charge in [0.2, 0.25) is 0 Å². The lowest BCUT2D eigenvalue weighted by Gasteiger charge is -2.26. The van der Waals surface area contributed by atoms with Crippen LogP contribution in [0.5, 0.6) is 0 Å². The summed E-state index contributed by atoms with van der Waals surface area (Å²) >= 11 is 16.3. The van der Waals surface area contributed by atoms with Gasteiger partial charge in [0.1, 0.15) is 0 Å². The Morgan fingerprint density at radius 2 is 1.90 bits per heavy atom. The molecule has 3 aromatic rings. The Hall–Kier alpha value is -1.18. The monoisotopic (exact) mass is 610 g/mol.